The fourth-order valence-corrected chi connectivity index (χ4v) is 3.99. The second-order valence-electron chi connectivity index (χ2n) is 7.40. The molecular weight excluding hydrogens is 360 g/mol. The lowest BCUT2D eigenvalue weighted by Gasteiger charge is -2.36. The molecule has 3 heterocycles. The zero-order valence-electron chi connectivity index (χ0n) is 16.0. The second-order valence-corrected chi connectivity index (χ2v) is 7.40. The predicted molar refractivity (Wildman–Crippen MR) is 103 cm³/mol. The molecule has 0 spiro atoms. The first-order valence-electron chi connectivity index (χ1n) is 9.93. The molecule has 0 N–H and O–H groups in total. The molecule has 0 aromatic heterocycles. The van der Waals surface area contributed by atoms with E-state index in [1.807, 2.05) is 30.3 Å². The van der Waals surface area contributed by atoms with E-state index in [9.17, 15) is 14.4 Å². The summed E-state index contributed by atoms with van der Waals surface area (Å²) in [7, 11) is 0. The molecule has 0 saturated carbocycles. The van der Waals surface area contributed by atoms with Gasteiger partial charge in [0, 0.05) is 51.6 Å². The maximum atomic E-state index is 12.7. The van der Waals surface area contributed by atoms with Crippen molar-refractivity contribution in [2.75, 3.05) is 57.3 Å². The first-order valence-corrected chi connectivity index (χ1v) is 9.93. The van der Waals surface area contributed by atoms with Gasteiger partial charge in [0.05, 0.1) is 0 Å². The number of benzene rings is 1. The van der Waals surface area contributed by atoms with Gasteiger partial charge in [-0.1, -0.05) is 18.2 Å². The molecule has 150 valence electrons. The number of hydrogen-bond donors (Lipinski definition) is 0. The van der Waals surface area contributed by atoms with E-state index in [-0.39, 0.29) is 30.5 Å². The van der Waals surface area contributed by atoms with Crippen LogP contribution in [0.5, 0.6) is 0 Å². The molecular formula is C20H26N4O4. The number of urea groups is 1. The smallest absolute Gasteiger partial charge is 0.325 e. The first-order chi connectivity index (χ1) is 13.6. The SMILES string of the molecule is O=C(CN1CCN(c2ccccc2)C1=O)N1CCN(C(=O)[C@H]2CCCO2)CC1. The summed E-state index contributed by atoms with van der Waals surface area (Å²) in [6.07, 6.45) is 1.40. The Morgan fingerprint density at radius 1 is 0.964 bits per heavy atom. The fraction of sp³-hybridized carbons (Fsp3) is 0.550. The van der Waals surface area contributed by atoms with E-state index in [1.165, 1.54) is 0 Å². The van der Waals surface area contributed by atoms with Crippen molar-refractivity contribution in [3.63, 3.8) is 0 Å². The van der Waals surface area contributed by atoms with E-state index < -0.39 is 0 Å². The lowest BCUT2D eigenvalue weighted by molar-refractivity contribution is -0.146. The number of carbonyl (C=O) groups excluding carboxylic acids is 3. The molecule has 3 saturated heterocycles. The van der Waals surface area contributed by atoms with Crippen LogP contribution in [0.25, 0.3) is 0 Å². The van der Waals surface area contributed by atoms with Crippen LogP contribution >= 0.6 is 0 Å². The average molecular weight is 386 g/mol. The number of carbonyl (C=O) groups is 3. The predicted octanol–water partition coefficient (Wildman–Crippen LogP) is 0.778. The van der Waals surface area contributed by atoms with E-state index in [0.717, 1.165) is 18.5 Å². The van der Waals surface area contributed by atoms with Gasteiger partial charge in [-0.25, -0.2) is 4.79 Å². The van der Waals surface area contributed by atoms with E-state index in [1.54, 1.807) is 19.6 Å². The Balaban J connectivity index is 1.27. The normalized spacial score (nSPS) is 22.9. The van der Waals surface area contributed by atoms with Gasteiger partial charge in [0.1, 0.15) is 12.6 Å². The zero-order chi connectivity index (χ0) is 19.5. The molecule has 8 heteroatoms. The van der Waals surface area contributed by atoms with Gasteiger partial charge in [0.15, 0.2) is 0 Å². The van der Waals surface area contributed by atoms with Crippen molar-refractivity contribution < 1.29 is 19.1 Å². The van der Waals surface area contributed by atoms with Gasteiger partial charge >= 0.3 is 6.03 Å². The number of hydrogen-bond acceptors (Lipinski definition) is 4. The summed E-state index contributed by atoms with van der Waals surface area (Å²) in [6, 6.07) is 9.36. The van der Waals surface area contributed by atoms with Crippen molar-refractivity contribution in [2.45, 2.75) is 18.9 Å². The minimum atomic E-state index is -0.312. The molecule has 0 bridgehead atoms. The van der Waals surface area contributed by atoms with Crippen LogP contribution in [0.2, 0.25) is 0 Å². The first kappa shape index (κ1) is 18.7. The Labute approximate surface area is 164 Å². The number of piperazine rings is 1. The summed E-state index contributed by atoms with van der Waals surface area (Å²) in [5, 5.41) is 0. The number of ether oxygens (including phenoxy) is 1. The highest BCUT2D eigenvalue weighted by molar-refractivity contribution is 5.96. The van der Waals surface area contributed by atoms with Gasteiger partial charge in [0.2, 0.25) is 5.91 Å². The third-order valence-electron chi connectivity index (χ3n) is 5.64. The summed E-state index contributed by atoms with van der Waals surface area (Å²) in [4.78, 5) is 44.5. The van der Waals surface area contributed by atoms with E-state index >= 15 is 0 Å². The van der Waals surface area contributed by atoms with Crippen LogP contribution in [0.3, 0.4) is 0 Å². The van der Waals surface area contributed by atoms with Crippen LogP contribution in [0.15, 0.2) is 30.3 Å². The van der Waals surface area contributed by atoms with Gasteiger partial charge in [-0.3, -0.25) is 14.5 Å². The lowest BCUT2D eigenvalue weighted by Crippen LogP contribution is -2.54. The van der Waals surface area contributed by atoms with Crippen LogP contribution < -0.4 is 4.90 Å². The minimum Gasteiger partial charge on any atom is -0.368 e. The molecule has 1 aromatic carbocycles. The van der Waals surface area contributed by atoms with Gasteiger partial charge in [0.25, 0.3) is 5.91 Å². The lowest BCUT2D eigenvalue weighted by atomic mass is 10.2. The van der Waals surface area contributed by atoms with Crippen LogP contribution in [0.4, 0.5) is 10.5 Å². The second kappa shape index (κ2) is 8.18. The standard InChI is InChI=1S/C20H26N4O4/c25-18(15-23-12-13-24(20(23)27)16-5-2-1-3-6-16)21-8-10-22(11-9-21)19(26)17-7-4-14-28-17/h1-3,5-6,17H,4,7-15H2/t17-/m1/s1. The molecule has 0 aliphatic carbocycles. The molecule has 0 unspecified atom stereocenters. The molecule has 4 rings (SSSR count). The van der Waals surface area contributed by atoms with Crippen LogP contribution in [-0.2, 0) is 14.3 Å². The van der Waals surface area contributed by atoms with Gasteiger partial charge in [-0.15, -0.1) is 0 Å². The van der Waals surface area contributed by atoms with E-state index in [4.69, 9.17) is 4.74 Å². The van der Waals surface area contributed by atoms with E-state index in [2.05, 4.69) is 0 Å². The summed E-state index contributed by atoms with van der Waals surface area (Å²) in [5.74, 6) is -0.0229. The van der Waals surface area contributed by atoms with Crippen molar-refractivity contribution in [2.24, 2.45) is 0 Å². The molecule has 28 heavy (non-hydrogen) atoms. The number of nitrogens with zero attached hydrogens (tertiary/aromatic N) is 4. The van der Waals surface area contributed by atoms with Crippen molar-refractivity contribution >= 4 is 23.5 Å². The van der Waals surface area contributed by atoms with Crippen molar-refractivity contribution in [1.29, 1.82) is 0 Å². The molecule has 0 radical (unpaired) electrons. The number of anilines is 1. The number of amides is 4. The zero-order valence-corrected chi connectivity index (χ0v) is 16.0. The summed E-state index contributed by atoms with van der Waals surface area (Å²) >= 11 is 0. The highest BCUT2D eigenvalue weighted by Crippen LogP contribution is 2.20. The maximum absolute atomic E-state index is 12.7. The summed E-state index contributed by atoms with van der Waals surface area (Å²) < 4.78 is 5.47. The van der Waals surface area contributed by atoms with Crippen LogP contribution in [-0.4, -0.2) is 91.1 Å². The van der Waals surface area contributed by atoms with Gasteiger partial charge < -0.3 is 19.4 Å². The van der Waals surface area contributed by atoms with E-state index in [0.29, 0.717) is 45.9 Å². The molecule has 4 amide bonds. The number of rotatable bonds is 4. The van der Waals surface area contributed by atoms with Crippen molar-refractivity contribution in [3.8, 4) is 0 Å². The van der Waals surface area contributed by atoms with Crippen molar-refractivity contribution in [3.05, 3.63) is 30.3 Å². The Morgan fingerprint density at radius 2 is 1.68 bits per heavy atom. The highest BCUT2D eigenvalue weighted by Gasteiger charge is 2.34. The molecule has 8 nitrogen and oxygen atoms in total. The third-order valence-corrected chi connectivity index (χ3v) is 5.64. The Morgan fingerprint density at radius 3 is 2.36 bits per heavy atom. The maximum Gasteiger partial charge on any atom is 0.325 e. The average Bonchev–Trinajstić information content (AvgIpc) is 3.39. The number of para-hydroxylation sites is 1. The molecule has 3 aliphatic rings. The molecule has 1 atom stereocenters. The minimum absolute atomic E-state index is 0.0397. The highest BCUT2D eigenvalue weighted by atomic mass is 16.5. The van der Waals surface area contributed by atoms with Gasteiger partial charge in [-0.2, -0.15) is 0 Å². The third kappa shape index (κ3) is 3.82. The largest absolute Gasteiger partial charge is 0.368 e. The summed E-state index contributed by atoms with van der Waals surface area (Å²) in [5.41, 5.74) is 0.851. The molecule has 3 aliphatic heterocycles. The Bertz CT molecular complexity index is 727. The fourth-order valence-electron chi connectivity index (χ4n) is 3.99. The van der Waals surface area contributed by atoms with Gasteiger partial charge in [-0.05, 0) is 25.0 Å². The van der Waals surface area contributed by atoms with Crippen LogP contribution in [0.1, 0.15) is 12.8 Å². The topological polar surface area (TPSA) is 73.4 Å². The molecule has 1 aromatic rings. The Kier molecular flexibility index (Phi) is 5.47. The summed E-state index contributed by atoms with van der Waals surface area (Å²) in [6.45, 7) is 3.91. The quantitative estimate of drug-likeness (QED) is 0.767. The van der Waals surface area contributed by atoms with Crippen LogP contribution in [0, 0.1) is 0 Å². The monoisotopic (exact) mass is 386 g/mol. The molecule has 3 fully saturated rings. The van der Waals surface area contributed by atoms with Crippen molar-refractivity contribution in [1.82, 2.24) is 14.7 Å². The Hall–Kier alpha value is -2.61.